The fraction of sp³-hybridized carbons (Fsp3) is 0.462. The largest absolute Gasteiger partial charge is 0.292 e. The Morgan fingerprint density at radius 1 is 1.33 bits per heavy atom. The normalized spacial score (nSPS) is 12.0. The SMILES string of the molecule is CCCCCn1c(=O)c(Br)cc2cnc(S(C)(=O)=O)nc21. The maximum atomic E-state index is 12.2. The Bertz CT molecular complexity index is 830. The lowest BCUT2D eigenvalue weighted by Crippen LogP contribution is -2.22. The molecule has 2 heterocycles. The minimum absolute atomic E-state index is 0.211. The molecule has 6 nitrogen and oxygen atoms in total. The molecule has 0 radical (unpaired) electrons. The average Bonchev–Trinajstić information content (AvgIpc) is 2.41. The second-order valence-electron chi connectivity index (χ2n) is 4.86. The van der Waals surface area contributed by atoms with E-state index in [1.165, 1.54) is 10.8 Å². The summed E-state index contributed by atoms with van der Waals surface area (Å²) in [6.45, 7) is 2.58. The Hall–Kier alpha value is -1.28. The lowest BCUT2D eigenvalue weighted by molar-refractivity contribution is 0.586. The van der Waals surface area contributed by atoms with Gasteiger partial charge in [0.05, 0.1) is 4.47 Å². The fourth-order valence-corrected chi connectivity index (χ4v) is 2.97. The monoisotopic (exact) mass is 373 g/mol. The molecule has 0 aliphatic rings. The lowest BCUT2D eigenvalue weighted by Gasteiger charge is -2.10. The third-order valence-corrected chi connectivity index (χ3v) is 4.51. The predicted octanol–water partition coefficient (Wildman–Crippen LogP) is 2.15. The number of sulfone groups is 1. The number of unbranched alkanes of at least 4 members (excludes halogenated alkanes) is 2. The Morgan fingerprint density at radius 3 is 2.67 bits per heavy atom. The van der Waals surface area contributed by atoms with Crippen LogP contribution >= 0.6 is 15.9 Å². The van der Waals surface area contributed by atoms with Gasteiger partial charge in [-0.05, 0) is 28.4 Å². The second kappa shape index (κ2) is 6.23. The summed E-state index contributed by atoms with van der Waals surface area (Å²) in [4.78, 5) is 20.2. The van der Waals surface area contributed by atoms with E-state index in [9.17, 15) is 13.2 Å². The first-order valence-corrected chi connectivity index (χ1v) is 9.29. The van der Waals surface area contributed by atoms with Crippen LogP contribution in [0.15, 0.2) is 26.7 Å². The summed E-state index contributed by atoms with van der Waals surface area (Å²) < 4.78 is 25.1. The molecule has 0 aliphatic heterocycles. The van der Waals surface area contributed by atoms with Crippen LogP contribution in [0.1, 0.15) is 26.2 Å². The van der Waals surface area contributed by atoms with Crippen LogP contribution in [0.2, 0.25) is 0 Å². The molecule has 0 aromatic carbocycles. The molecule has 0 N–H and O–H groups in total. The first-order valence-electron chi connectivity index (χ1n) is 6.60. The van der Waals surface area contributed by atoms with Crippen LogP contribution in [0, 0.1) is 0 Å². The van der Waals surface area contributed by atoms with Gasteiger partial charge in [0.15, 0.2) is 0 Å². The van der Waals surface area contributed by atoms with Crippen LogP contribution in [-0.2, 0) is 16.4 Å². The molecule has 0 fully saturated rings. The van der Waals surface area contributed by atoms with Gasteiger partial charge in [-0.25, -0.2) is 13.4 Å². The summed E-state index contributed by atoms with van der Waals surface area (Å²) in [6.07, 6.45) is 5.33. The number of hydrogen-bond acceptors (Lipinski definition) is 5. The van der Waals surface area contributed by atoms with Gasteiger partial charge < -0.3 is 0 Å². The number of rotatable bonds is 5. The topological polar surface area (TPSA) is 81.9 Å². The number of aromatic nitrogens is 3. The molecule has 0 aliphatic carbocycles. The van der Waals surface area contributed by atoms with Crippen LogP contribution in [0.25, 0.3) is 11.0 Å². The molecule has 0 saturated carbocycles. The van der Waals surface area contributed by atoms with E-state index in [-0.39, 0.29) is 10.7 Å². The van der Waals surface area contributed by atoms with Crippen molar-refractivity contribution < 1.29 is 8.42 Å². The summed E-state index contributed by atoms with van der Waals surface area (Å²) >= 11 is 3.23. The molecule has 21 heavy (non-hydrogen) atoms. The predicted molar refractivity (Wildman–Crippen MR) is 84.1 cm³/mol. The number of fused-ring (bicyclic) bond motifs is 1. The van der Waals surface area contributed by atoms with Crippen LogP contribution in [0.4, 0.5) is 0 Å². The molecule has 0 atom stereocenters. The Morgan fingerprint density at radius 2 is 2.05 bits per heavy atom. The van der Waals surface area contributed by atoms with E-state index in [1.54, 1.807) is 6.07 Å². The highest BCUT2D eigenvalue weighted by Crippen LogP contribution is 2.16. The van der Waals surface area contributed by atoms with Crippen LogP contribution in [0.5, 0.6) is 0 Å². The van der Waals surface area contributed by atoms with Gasteiger partial charge in [-0.15, -0.1) is 0 Å². The first kappa shape index (κ1) is 16.1. The molecule has 0 amide bonds. The Balaban J connectivity index is 2.66. The highest BCUT2D eigenvalue weighted by Gasteiger charge is 2.15. The lowest BCUT2D eigenvalue weighted by atomic mass is 10.2. The minimum Gasteiger partial charge on any atom is -0.292 e. The van der Waals surface area contributed by atoms with Gasteiger partial charge in [0.2, 0.25) is 15.0 Å². The van der Waals surface area contributed by atoms with Gasteiger partial charge in [0, 0.05) is 24.4 Å². The molecular formula is C13H16BrN3O3S. The summed E-state index contributed by atoms with van der Waals surface area (Å²) in [5.41, 5.74) is 0.145. The van der Waals surface area contributed by atoms with Crippen LogP contribution in [-0.4, -0.2) is 29.2 Å². The van der Waals surface area contributed by atoms with E-state index >= 15 is 0 Å². The molecule has 0 spiro atoms. The van der Waals surface area contributed by atoms with E-state index in [1.807, 2.05) is 0 Å². The van der Waals surface area contributed by atoms with Crippen molar-refractivity contribution in [1.82, 2.24) is 14.5 Å². The molecule has 2 aromatic heterocycles. The van der Waals surface area contributed by atoms with Crippen molar-refractivity contribution >= 4 is 36.8 Å². The molecule has 8 heteroatoms. The highest BCUT2D eigenvalue weighted by molar-refractivity contribution is 9.10. The van der Waals surface area contributed by atoms with Crippen LogP contribution < -0.4 is 5.56 Å². The molecule has 114 valence electrons. The number of hydrogen-bond donors (Lipinski definition) is 0. The van der Waals surface area contributed by atoms with Gasteiger partial charge >= 0.3 is 0 Å². The number of nitrogens with zero attached hydrogens (tertiary/aromatic N) is 3. The summed E-state index contributed by atoms with van der Waals surface area (Å²) in [5.74, 6) is 0. The van der Waals surface area contributed by atoms with E-state index in [2.05, 4.69) is 32.8 Å². The van der Waals surface area contributed by atoms with Crippen molar-refractivity contribution in [3.8, 4) is 0 Å². The molecule has 0 unspecified atom stereocenters. The van der Waals surface area contributed by atoms with Gasteiger partial charge in [-0.2, -0.15) is 4.98 Å². The van der Waals surface area contributed by atoms with Gasteiger partial charge in [0.1, 0.15) is 5.65 Å². The van der Waals surface area contributed by atoms with Crippen molar-refractivity contribution in [2.45, 2.75) is 37.9 Å². The van der Waals surface area contributed by atoms with Crippen molar-refractivity contribution in [3.05, 3.63) is 27.1 Å². The highest BCUT2D eigenvalue weighted by atomic mass is 79.9. The Labute approximate surface area is 131 Å². The maximum absolute atomic E-state index is 12.2. The molecule has 0 saturated heterocycles. The number of halogens is 1. The molecule has 2 rings (SSSR count). The zero-order chi connectivity index (χ0) is 15.6. The summed E-state index contributed by atoms with van der Waals surface area (Å²) in [6, 6.07) is 1.61. The number of aryl methyl sites for hydroxylation is 1. The van der Waals surface area contributed by atoms with Crippen molar-refractivity contribution in [3.63, 3.8) is 0 Å². The molecule has 2 aromatic rings. The van der Waals surface area contributed by atoms with E-state index in [4.69, 9.17) is 0 Å². The van der Waals surface area contributed by atoms with Gasteiger partial charge in [0.25, 0.3) is 5.56 Å². The smallest absolute Gasteiger partial charge is 0.266 e. The fourth-order valence-electron chi connectivity index (χ4n) is 2.01. The van der Waals surface area contributed by atoms with Crippen LogP contribution in [0.3, 0.4) is 0 Å². The molecule has 0 bridgehead atoms. The van der Waals surface area contributed by atoms with Crippen molar-refractivity contribution in [1.29, 1.82) is 0 Å². The van der Waals surface area contributed by atoms with E-state index < -0.39 is 9.84 Å². The number of pyridine rings is 1. The zero-order valence-electron chi connectivity index (χ0n) is 11.8. The Kier molecular flexibility index (Phi) is 4.77. The van der Waals surface area contributed by atoms with Crippen molar-refractivity contribution in [2.75, 3.05) is 6.26 Å². The minimum atomic E-state index is -3.51. The summed E-state index contributed by atoms with van der Waals surface area (Å²) in [7, 11) is -3.51. The first-order chi connectivity index (χ1) is 9.84. The molecular weight excluding hydrogens is 358 g/mol. The van der Waals surface area contributed by atoms with Gasteiger partial charge in [-0.1, -0.05) is 19.8 Å². The summed E-state index contributed by atoms with van der Waals surface area (Å²) in [5, 5.41) is 0.367. The third kappa shape index (κ3) is 3.49. The third-order valence-electron chi connectivity index (χ3n) is 3.08. The zero-order valence-corrected chi connectivity index (χ0v) is 14.2. The standard InChI is InChI=1S/C13H16BrN3O3S/c1-3-4-5-6-17-11-9(7-10(14)12(17)18)8-15-13(16-11)21(2,19)20/h7-8H,3-6H2,1-2H3. The van der Waals surface area contributed by atoms with E-state index in [0.717, 1.165) is 25.5 Å². The van der Waals surface area contributed by atoms with Gasteiger partial charge in [-0.3, -0.25) is 9.36 Å². The van der Waals surface area contributed by atoms with E-state index in [0.29, 0.717) is 22.1 Å². The second-order valence-corrected chi connectivity index (χ2v) is 7.62. The maximum Gasteiger partial charge on any atom is 0.266 e. The van der Waals surface area contributed by atoms with Crippen molar-refractivity contribution in [2.24, 2.45) is 0 Å². The average molecular weight is 374 g/mol. The quantitative estimate of drug-likeness (QED) is 0.592.